The quantitative estimate of drug-likeness (QED) is 0.404. The van der Waals surface area contributed by atoms with Gasteiger partial charge in [0.25, 0.3) is 5.56 Å². The van der Waals surface area contributed by atoms with Gasteiger partial charge in [0, 0.05) is 18.2 Å². The molecular formula is C26H24ClFN4O3. The predicted octanol–water partition coefficient (Wildman–Crippen LogP) is 4.60. The highest BCUT2D eigenvalue weighted by Gasteiger charge is 2.18. The smallest absolute Gasteiger partial charge is 0.280 e. The van der Waals surface area contributed by atoms with E-state index in [1.807, 2.05) is 25.1 Å². The minimum atomic E-state index is -0.558. The first-order valence-corrected chi connectivity index (χ1v) is 11.4. The van der Waals surface area contributed by atoms with Crippen LogP contribution < -0.4 is 10.3 Å². The number of rotatable bonds is 7. The monoisotopic (exact) mass is 494 g/mol. The Morgan fingerprint density at radius 1 is 1.11 bits per heavy atom. The third-order valence-electron chi connectivity index (χ3n) is 5.38. The summed E-state index contributed by atoms with van der Waals surface area (Å²) in [6.45, 7) is 5.35. The van der Waals surface area contributed by atoms with Crippen molar-refractivity contribution in [1.29, 1.82) is 0 Å². The fourth-order valence-corrected chi connectivity index (χ4v) is 3.81. The van der Waals surface area contributed by atoms with E-state index in [9.17, 15) is 14.3 Å². The van der Waals surface area contributed by atoms with Crippen LogP contribution in [0.15, 0.2) is 59.5 Å². The lowest BCUT2D eigenvalue weighted by Gasteiger charge is -2.16. The van der Waals surface area contributed by atoms with Crippen molar-refractivity contribution in [3.63, 3.8) is 0 Å². The van der Waals surface area contributed by atoms with Crippen LogP contribution in [-0.2, 0) is 13.0 Å². The van der Waals surface area contributed by atoms with E-state index in [-0.39, 0.29) is 23.3 Å². The van der Waals surface area contributed by atoms with Gasteiger partial charge in [-0.2, -0.15) is 4.98 Å². The third-order valence-corrected chi connectivity index (χ3v) is 5.71. The molecule has 0 saturated heterocycles. The largest absolute Gasteiger partial charge is 0.472 e. The second-order valence-corrected chi connectivity index (χ2v) is 8.62. The molecular weight excluding hydrogens is 471 g/mol. The van der Waals surface area contributed by atoms with Gasteiger partial charge in [-0.3, -0.25) is 9.36 Å². The molecule has 7 nitrogen and oxygen atoms in total. The minimum Gasteiger partial charge on any atom is -0.472 e. The molecule has 1 atom stereocenters. The number of hydrogen-bond donors (Lipinski definition) is 1. The van der Waals surface area contributed by atoms with Gasteiger partial charge >= 0.3 is 0 Å². The van der Waals surface area contributed by atoms with Crippen LogP contribution in [0.4, 0.5) is 4.39 Å². The van der Waals surface area contributed by atoms with Gasteiger partial charge in [-0.25, -0.2) is 14.4 Å². The fourth-order valence-electron chi connectivity index (χ4n) is 3.63. The molecule has 180 valence electrons. The Hall–Kier alpha value is -3.62. The van der Waals surface area contributed by atoms with Crippen molar-refractivity contribution in [2.24, 2.45) is 0 Å². The van der Waals surface area contributed by atoms with E-state index in [2.05, 4.69) is 15.0 Å². The Labute approximate surface area is 206 Å². The summed E-state index contributed by atoms with van der Waals surface area (Å²) in [5.74, 6) is 0.593. The van der Waals surface area contributed by atoms with E-state index in [1.54, 1.807) is 38.2 Å². The zero-order valence-electron chi connectivity index (χ0n) is 19.5. The summed E-state index contributed by atoms with van der Waals surface area (Å²) in [5.41, 5.74) is 3.15. The van der Waals surface area contributed by atoms with Crippen LogP contribution in [0.5, 0.6) is 5.88 Å². The molecule has 0 bridgehead atoms. The number of hydrogen-bond acceptors (Lipinski definition) is 6. The lowest BCUT2D eigenvalue weighted by atomic mass is 10.1. The van der Waals surface area contributed by atoms with Gasteiger partial charge in [-0.05, 0) is 56.2 Å². The fraction of sp³-hybridized carbons (Fsp3) is 0.231. The number of aromatic nitrogens is 4. The average Bonchev–Trinajstić information content (AvgIpc) is 2.82. The van der Waals surface area contributed by atoms with Crippen molar-refractivity contribution in [2.75, 3.05) is 0 Å². The van der Waals surface area contributed by atoms with E-state index in [0.29, 0.717) is 29.5 Å². The number of aryl methyl sites for hydroxylation is 2. The summed E-state index contributed by atoms with van der Waals surface area (Å²) in [5, 5.41) is 9.51. The van der Waals surface area contributed by atoms with Gasteiger partial charge in [0.15, 0.2) is 5.02 Å². The molecule has 0 aliphatic heterocycles. The van der Waals surface area contributed by atoms with Crippen LogP contribution in [0.3, 0.4) is 0 Å². The van der Waals surface area contributed by atoms with E-state index in [0.717, 1.165) is 16.7 Å². The summed E-state index contributed by atoms with van der Waals surface area (Å²) in [6.07, 6.45) is 1.42. The lowest BCUT2D eigenvalue weighted by Crippen LogP contribution is -2.24. The first kappa shape index (κ1) is 24.5. The zero-order valence-corrected chi connectivity index (χ0v) is 20.3. The third kappa shape index (κ3) is 5.55. The number of benzene rings is 2. The van der Waals surface area contributed by atoms with E-state index >= 15 is 0 Å². The number of aliphatic hydroxyl groups is 1. The molecule has 2 aromatic heterocycles. The van der Waals surface area contributed by atoms with E-state index < -0.39 is 11.7 Å². The molecule has 1 unspecified atom stereocenters. The van der Waals surface area contributed by atoms with Crippen LogP contribution in [0, 0.1) is 19.7 Å². The van der Waals surface area contributed by atoms with Gasteiger partial charge in [0.05, 0.1) is 17.5 Å². The van der Waals surface area contributed by atoms with Crippen LogP contribution in [0.1, 0.15) is 29.7 Å². The number of nitrogens with zero attached hydrogens (tertiary/aromatic N) is 4. The summed E-state index contributed by atoms with van der Waals surface area (Å²) in [7, 11) is 0. The molecule has 1 N–H and O–H groups in total. The Balaban J connectivity index is 1.69. The van der Waals surface area contributed by atoms with Gasteiger partial charge in [-0.15, -0.1) is 0 Å². The normalized spacial score (nSPS) is 11.9. The van der Waals surface area contributed by atoms with Crippen molar-refractivity contribution >= 4 is 11.6 Å². The molecule has 4 aromatic rings. The molecule has 9 heteroatoms. The minimum absolute atomic E-state index is 0.0158. The van der Waals surface area contributed by atoms with Gasteiger partial charge in [0.2, 0.25) is 5.88 Å². The highest BCUT2D eigenvalue weighted by atomic mass is 35.5. The maximum atomic E-state index is 13.3. The Kier molecular flexibility index (Phi) is 7.23. The van der Waals surface area contributed by atoms with Crippen molar-refractivity contribution < 1.29 is 14.2 Å². The van der Waals surface area contributed by atoms with E-state index in [1.165, 1.54) is 16.7 Å². The molecule has 0 radical (unpaired) electrons. The second-order valence-electron chi connectivity index (χ2n) is 8.25. The van der Waals surface area contributed by atoms with Gasteiger partial charge in [-0.1, -0.05) is 35.9 Å². The molecule has 2 aromatic carbocycles. The first-order chi connectivity index (χ1) is 16.7. The van der Waals surface area contributed by atoms with Crippen LogP contribution in [-0.4, -0.2) is 30.7 Å². The molecule has 0 amide bonds. The molecule has 0 aliphatic rings. The Morgan fingerprint density at radius 2 is 1.86 bits per heavy atom. The lowest BCUT2D eigenvalue weighted by molar-refractivity contribution is 0.193. The molecule has 0 fully saturated rings. The molecule has 0 spiro atoms. The summed E-state index contributed by atoms with van der Waals surface area (Å²) in [6, 6.07) is 13.2. The van der Waals surface area contributed by atoms with Crippen molar-refractivity contribution in [1.82, 2.24) is 19.5 Å². The topological polar surface area (TPSA) is 90.1 Å². The maximum Gasteiger partial charge on any atom is 0.280 e. The standard InChI is InChI=1S/C26H24ClFN4O3/c1-15-4-7-19(21-10-11-29-23(31-21)12-16(2)33)13-22(15)32-17(3)30-25(24(27)26(32)34)35-14-18-5-8-20(28)9-6-18/h4-11,13,16,33H,12,14H2,1-3H3. The molecule has 0 saturated carbocycles. The summed E-state index contributed by atoms with van der Waals surface area (Å²) in [4.78, 5) is 26.4. The van der Waals surface area contributed by atoms with Crippen LogP contribution in [0.2, 0.25) is 5.02 Å². The van der Waals surface area contributed by atoms with E-state index in [4.69, 9.17) is 16.3 Å². The Morgan fingerprint density at radius 3 is 2.57 bits per heavy atom. The maximum absolute atomic E-state index is 13.3. The second kappa shape index (κ2) is 10.3. The van der Waals surface area contributed by atoms with Crippen LogP contribution >= 0.6 is 11.6 Å². The highest BCUT2D eigenvalue weighted by molar-refractivity contribution is 6.31. The molecule has 0 aliphatic carbocycles. The van der Waals surface area contributed by atoms with Gasteiger partial charge in [0.1, 0.15) is 24.1 Å². The first-order valence-electron chi connectivity index (χ1n) is 11.0. The summed E-state index contributed by atoms with van der Waals surface area (Å²) >= 11 is 6.36. The predicted molar refractivity (Wildman–Crippen MR) is 131 cm³/mol. The average molecular weight is 495 g/mol. The van der Waals surface area contributed by atoms with Gasteiger partial charge < -0.3 is 9.84 Å². The number of halogens is 2. The van der Waals surface area contributed by atoms with Crippen molar-refractivity contribution in [2.45, 2.75) is 39.9 Å². The van der Waals surface area contributed by atoms with Crippen molar-refractivity contribution in [3.05, 3.63) is 98.7 Å². The number of ether oxygens (including phenoxy) is 1. The Bertz CT molecular complexity index is 1420. The number of aliphatic hydroxyl groups excluding tert-OH is 1. The molecule has 4 rings (SSSR count). The SMILES string of the molecule is Cc1ccc(-c2ccnc(CC(C)O)n2)cc1-n1c(C)nc(OCc2ccc(F)cc2)c(Cl)c1=O. The zero-order chi connectivity index (χ0) is 25.1. The van der Waals surface area contributed by atoms with Crippen LogP contribution in [0.25, 0.3) is 16.9 Å². The van der Waals surface area contributed by atoms with Crippen molar-refractivity contribution in [3.8, 4) is 22.8 Å². The molecule has 35 heavy (non-hydrogen) atoms. The highest BCUT2D eigenvalue weighted by Crippen LogP contribution is 2.26. The summed E-state index contributed by atoms with van der Waals surface area (Å²) < 4.78 is 20.2. The molecule has 2 heterocycles.